The monoisotopic (exact) mass is 374 g/mol. The van der Waals surface area contributed by atoms with E-state index in [0.29, 0.717) is 25.7 Å². The number of rotatable bonds is 15. The molecule has 0 spiro atoms. The van der Waals surface area contributed by atoms with Crippen molar-refractivity contribution >= 4 is 23.9 Å². The molecule has 0 bridgehead atoms. The summed E-state index contributed by atoms with van der Waals surface area (Å²) in [4.78, 5) is 44.4. The zero-order valence-electron chi connectivity index (χ0n) is 15.8. The van der Waals surface area contributed by atoms with Gasteiger partial charge in [0.15, 0.2) is 0 Å². The van der Waals surface area contributed by atoms with Crippen molar-refractivity contribution in [3.05, 3.63) is 0 Å². The van der Waals surface area contributed by atoms with Crippen LogP contribution in [0.3, 0.4) is 0 Å². The van der Waals surface area contributed by atoms with Crippen molar-refractivity contribution in [2.45, 2.75) is 78.1 Å². The van der Waals surface area contributed by atoms with E-state index in [1.807, 2.05) is 0 Å². The van der Waals surface area contributed by atoms with E-state index in [9.17, 15) is 19.2 Å². The first-order chi connectivity index (χ1) is 12.5. The molecular weight excluding hydrogens is 344 g/mol. The Morgan fingerprint density at radius 3 is 1.15 bits per heavy atom. The van der Waals surface area contributed by atoms with Gasteiger partial charge in [0, 0.05) is 25.7 Å². The highest BCUT2D eigenvalue weighted by atomic mass is 16.7. The number of hydrogen-bond donors (Lipinski definition) is 0. The molecule has 8 nitrogen and oxygen atoms in total. The molecule has 0 amide bonds. The first-order valence-corrected chi connectivity index (χ1v) is 9.12. The molecule has 0 radical (unpaired) electrons. The maximum atomic E-state index is 11.4. The number of hydrogen-bond acceptors (Lipinski definition) is 8. The first-order valence-electron chi connectivity index (χ1n) is 9.12. The lowest BCUT2D eigenvalue weighted by molar-refractivity contribution is -0.168. The molecule has 0 aromatic rings. The summed E-state index contributed by atoms with van der Waals surface area (Å²) in [5.41, 5.74) is 0. The fourth-order valence-corrected chi connectivity index (χ4v) is 1.92. The number of carbonyl (C=O) groups is 4. The van der Waals surface area contributed by atoms with Crippen molar-refractivity contribution in [1.29, 1.82) is 0 Å². The minimum Gasteiger partial charge on any atom is -0.428 e. The van der Waals surface area contributed by atoms with Gasteiger partial charge in [-0.25, -0.2) is 0 Å². The number of ether oxygens (including phenoxy) is 4. The molecule has 150 valence electrons. The number of carbonyl (C=O) groups excluding carboxylic acids is 4. The summed E-state index contributed by atoms with van der Waals surface area (Å²) in [6.07, 6.45) is 6.23. The van der Waals surface area contributed by atoms with E-state index in [-0.39, 0.29) is 38.4 Å². The van der Waals surface area contributed by atoms with E-state index in [1.165, 1.54) is 0 Å². The molecule has 0 saturated carbocycles. The molecular formula is C18H30O8. The van der Waals surface area contributed by atoms with Crippen molar-refractivity contribution < 1.29 is 38.1 Å². The third kappa shape index (κ3) is 15.4. The van der Waals surface area contributed by atoms with Crippen molar-refractivity contribution in [1.82, 2.24) is 0 Å². The molecule has 0 aliphatic heterocycles. The normalized spacial score (nSPS) is 10.1. The smallest absolute Gasteiger partial charge is 0.308 e. The lowest BCUT2D eigenvalue weighted by Gasteiger charge is -2.06. The Kier molecular flexibility index (Phi) is 15.0. The van der Waals surface area contributed by atoms with Gasteiger partial charge in [-0.2, -0.15) is 0 Å². The highest BCUT2D eigenvalue weighted by Crippen LogP contribution is 2.09. The molecule has 0 fully saturated rings. The minimum atomic E-state index is -0.399. The second-order valence-corrected chi connectivity index (χ2v) is 5.63. The van der Waals surface area contributed by atoms with Gasteiger partial charge in [0.05, 0.1) is 0 Å². The van der Waals surface area contributed by atoms with Crippen molar-refractivity contribution in [3.8, 4) is 0 Å². The van der Waals surface area contributed by atoms with Crippen LogP contribution in [-0.2, 0) is 38.1 Å². The quantitative estimate of drug-likeness (QED) is 0.245. The van der Waals surface area contributed by atoms with E-state index < -0.39 is 11.9 Å². The molecule has 0 saturated heterocycles. The second-order valence-electron chi connectivity index (χ2n) is 5.63. The van der Waals surface area contributed by atoms with Crippen molar-refractivity contribution in [3.63, 3.8) is 0 Å². The summed E-state index contributed by atoms with van der Waals surface area (Å²) < 4.78 is 18.9. The molecule has 0 atom stereocenters. The zero-order chi connectivity index (χ0) is 19.6. The highest BCUT2D eigenvalue weighted by molar-refractivity contribution is 5.71. The second kappa shape index (κ2) is 16.4. The largest absolute Gasteiger partial charge is 0.428 e. The summed E-state index contributed by atoms with van der Waals surface area (Å²) in [5, 5.41) is 0. The van der Waals surface area contributed by atoms with Gasteiger partial charge in [-0.15, -0.1) is 0 Å². The summed E-state index contributed by atoms with van der Waals surface area (Å²) in [6.45, 7) is 2.69. The SMILES string of the molecule is CCC(=O)OCOC(=O)CCCCCCCCC(=O)OCOC(=O)CC. The van der Waals surface area contributed by atoms with Gasteiger partial charge in [0.2, 0.25) is 13.6 Å². The van der Waals surface area contributed by atoms with E-state index in [2.05, 4.69) is 9.47 Å². The van der Waals surface area contributed by atoms with Crippen LogP contribution in [0.1, 0.15) is 78.1 Å². The van der Waals surface area contributed by atoms with Crippen LogP contribution in [-0.4, -0.2) is 37.5 Å². The fraction of sp³-hybridized carbons (Fsp3) is 0.778. The Bertz CT molecular complexity index is 393. The van der Waals surface area contributed by atoms with E-state index >= 15 is 0 Å². The molecule has 0 unspecified atom stereocenters. The van der Waals surface area contributed by atoms with Crippen molar-refractivity contribution in [2.24, 2.45) is 0 Å². The Morgan fingerprint density at radius 2 is 0.808 bits per heavy atom. The van der Waals surface area contributed by atoms with Gasteiger partial charge in [-0.1, -0.05) is 39.5 Å². The Hall–Kier alpha value is -2.12. The predicted molar refractivity (Wildman–Crippen MR) is 91.6 cm³/mol. The maximum Gasteiger partial charge on any atom is 0.308 e. The fourth-order valence-electron chi connectivity index (χ4n) is 1.92. The van der Waals surface area contributed by atoms with Gasteiger partial charge >= 0.3 is 23.9 Å². The standard InChI is InChI=1S/C18H30O8/c1-3-15(19)23-13-25-17(21)11-9-7-5-6-8-10-12-18(22)26-14-24-16(20)4-2/h3-14H2,1-2H3. The molecule has 0 aliphatic rings. The van der Waals surface area contributed by atoms with E-state index in [0.717, 1.165) is 25.7 Å². The summed E-state index contributed by atoms with van der Waals surface area (Å²) >= 11 is 0. The average molecular weight is 374 g/mol. The zero-order valence-corrected chi connectivity index (χ0v) is 15.8. The van der Waals surface area contributed by atoms with Gasteiger partial charge in [0.25, 0.3) is 0 Å². The van der Waals surface area contributed by atoms with Crippen LogP contribution >= 0.6 is 0 Å². The number of unbranched alkanes of at least 4 members (excludes halogenated alkanes) is 5. The predicted octanol–water partition coefficient (Wildman–Crippen LogP) is 3.02. The minimum absolute atomic E-state index is 0.252. The Morgan fingerprint density at radius 1 is 0.500 bits per heavy atom. The lowest BCUT2D eigenvalue weighted by Crippen LogP contribution is -2.11. The van der Waals surface area contributed by atoms with Crippen LogP contribution in [0.25, 0.3) is 0 Å². The molecule has 0 heterocycles. The third-order valence-electron chi connectivity index (χ3n) is 3.47. The van der Waals surface area contributed by atoms with Crippen molar-refractivity contribution in [2.75, 3.05) is 13.6 Å². The van der Waals surface area contributed by atoms with Crippen LogP contribution in [0.2, 0.25) is 0 Å². The molecule has 0 rings (SSSR count). The van der Waals surface area contributed by atoms with Crippen LogP contribution in [0.15, 0.2) is 0 Å². The topological polar surface area (TPSA) is 105 Å². The lowest BCUT2D eigenvalue weighted by atomic mass is 10.1. The van der Waals surface area contributed by atoms with Crippen LogP contribution < -0.4 is 0 Å². The summed E-state index contributed by atoms with van der Waals surface area (Å²) in [6, 6.07) is 0. The molecule has 26 heavy (non-hydrogen) atoms. The molecule has 0 N–H and O–H groups in total. The van der Waals surface area contributed by atoms with E-state index in [1.54, 1.807) is 13.8 Å². The Labute approximate surface area is 154 Å². The highest BCUT2D eigenvalue weighted by Gasteiger charge is 2.06. The van der Waals surface area contributed by atoms with Gasteiger partial charge in [-0.3, -0.25) is 19.2 Å². The Balaban J connectivity index is 3.37. The van der Waals surface area contributed by atoms with Gasteiger partial charge in [-0.05, 0) is 12.8 Å². The van der Waals surface area contributed by atoms with E-state index in [4.69, 9.17) is 9.47 Å². The molecule has 0 aromatic heterocycles. The average Bonchev–Trinajstić information content (AvgIpc) is 2.63. The molecule has 8 heteroatoms. The number of esters is 4. The van der Waals surface area contributed by atoms with Crippen LogP contribution in [0.5, 0.6) is 0 Å². The van der Waals surface area contributed by atoms with Crippen LogP contribution in [0, 0.1) is 0 Å². The summed E-state index contributed by atoms with van der Waals surface area (Å²) in [5.74, 6) is -1.55. The molecule has 0 aliphatic carbocycles. The summed E-state index contributed by atoms with van der Waals surface area (Å²) in [7, 11) is 0. The third-order valence-corrected chi connectivity index (χ3v) is 3.47. The van der Waals surface area contributed by atoms with Gasteiger partial charge in [0.1, 0.15) is 0 Å². The first kappa shape index (κ1) is 23.9. The van der Waals surface area contributed by atoms with Crippen LogP contribution in [0.4, 0.5) is 0 Å². The van der Waals surface area contributed by atoms with Gasteiger partial charge < -0.3 is 18.9 Å². The maximum absolute atomic E-state index is 11.4. The molecule has 0 aromatic carbocycles.